The molecule has 0 radical (unpaired) electrons. The predicted octanol–water partition coefficient (Wildman–Crippen LogP) is 4.00. The zero-order chi connectivity index (χ0) is 21.5. The second-order valence-electron chi connectivity index (χ2n) is 6.75. The molecule has 0 saturated carbocycles. The topological polar surface area (TPSA) is 92.9 Å². The molecule has 2 aromatic carbocycles. The van der Waals surface area contributed by atoms with Gasteiger partial charge in [-0.3, -0.25) is 0 Å². The minimum absolute atomic E-state index is 0.144. The number of carbonyl (C=O) groups is 1. The maximum Gasteiger partial charge on any atom is 0.344 e. The highest BCUT2D eigenvalue weighted by Gasteiger charge is 2.14. The molecular weight excluding hydrogens is 388 g/mol. The normalized spacial score (nSPS) is 10.7. The van der Waals surface area contributed by atoms with Gasteiger partial charge in [-0.1, -0.05) is 31.1 Å². The van der Waals surface area contributed by atoms with E-state index >= 15 is 0 Å². The number of hydrogen-bond acceptors (Lipinski definition) is 8. The molecule has 0 spiro atoms. The predicted molar refractivity (Wildman–Crippen MR) is 109 cm³/mol. The van der Waals surface area contributed by atoms with Gasteiger partial charge in [0.05, 0.1) is 14.2 Å². The van der Waals surface area contributed by atoms with Crippen molar-refractivity contribution in [3.8, 4) is 28.6 Å². The van der Waals surface area contributed by atoms with Crippen LogP contribution >= 0.6 is 0 Å². The molecule has 8 nitrogen and oxygen atoms in total. The van der Waals surface area contributed by atoms with Crippen LogP contribution in [0.4, 0.5) is 0 Å². The Labute approximate surface area is 174 Å². The summed E-state index contributed by atoms with van der Waals surface area (Å²) >= 11 is 0. The number of benzene rings is 2. The van der Waals surface area contributed by atoms with Gasteiger partial charge in [-0.25, -0.2) is 4.79 Å². The fourth-order valence-electron chi connectivity index (χ4n) is 2.68. The van der Waals surface area contributed by atoms with Gasteiger partial charge in [0.2, 0.25) is 5.82 Å². The summed E-state index contributed by atoms with van der Waals surface area (Å²) in [6, 6.07) is 12.9. The Hall–Kier alpha value is -3.55. The Morgan fingerprint density at radius 3 is 2.43 bits per heavy atom. The fourth-order valence-corrected chi connectivity index (χ4v) is 2.68. The first-order chi connectivity index (χ1) is 14.5. The third-order valence-electron chi connectivity index (χ3n) is 4.37. The van der Waals surface area contributed by atoms with E-state index in [0.29, 0.717) is 34.6 Å². The summed E-state index contributed by atoms with van der Waals surface area (Å²) in [6.07, 6.45) is 0. The molecule has 3 aromatic rings. The third kappa shape index (κ3) is 5.28. The van der Waals surface area contributed by atoms with Crippen LogP contribution < -0.4 is 14.2 Å². The Morgan fingerprint density at radius 2 is 1.77 bits per heavy atom. The lowest BCUT2D eigenvalue weighted by molar-refractivity contribution is -0.148. The molecule has 0 aliphatic carbocycles. The van der Waals surface area contributed by atoms with Crippen LogP contribution in [-0.4, -0.2) is 36.9 Å². The Balaban J connectivity index is 1.52. The first kappa shape index (κ1) is 21.2. The largest absolute Gasteiger partial charge is 0.493 e. The van der Waals surface area contributed by atoms with Gasteiger partial charge in [0.25, 0.3) is 5.89 Å². The first-order valence-corrected chi connectivity index (χ1v) is 9.43. The van der Waals surface area contributed by atoms with Gasteiger partial charge in [-0.05, 0) is 41.8 Å². The van der Waals surface area contributed by atoms with Crippen LogP contribution in [-0.2, 0) is 16.1 Å². The number of nitrogens with zero attached hydrogens (tertiary/aromatic N) is 2. The summed E-state index contributed by atoms with van der Waals surface area (Å²) < 4.78 is 26.2. The molecule has 158 valence electrons. The van der Waals surface area contributed by atoms with Gasteiger partial charge in [0.1, 0.15) is 5.75 Å². The van der Waals surface area contributed by atoms with Crippen LogP contribution in [0, 0.1) is 0 Å². The lowest BCUT2D eigenvalue weighted by atomic mass is 10.0. The molecule has 0 saturated heterocycles. The smallest absolute Gasteiger partial charge is 0.344 e. The molecule has 1 heterocycles. The lowest BCUT2D eigenvalue weighted by Crippen LogP contribution is -2.14. The third-order valence-corrected chi connectivity index (χ3v) is 4.37. The quantitative estimate of drug-likeness (QED) is 0.487. The molecule has 0 unspecified atom stereocenters. The minimum Gasteiger partial charge on any atom is -0.493 e. The van der Waals surface area contributed by atoms with Gasteiger partial charge in [-0.15, -0.1) is 0 Å². The maximum atomic E-state index is 11.9. The number of ether oxygens (including phenoxy) is 4. The van der Waals surface area contributed by atoms with E-state index in [4.69, 9.17) is 23.5 Å². The molecule has 0 amide bonds. The van der Waals surface area contributed by atoms with Gasteiger partial charge in [0, 0.05) is 5.56 Å². The van der Waals surface area contributed by atoms with Crippen LogP contribution in [0.15, 0.2) is 47.0 Å². The second kappa shape index (κ2) is 9.78. The Kier molecular flexibility index (Phi) is 6.90. The number of hydrogen-bond donors (Lipinski definition) is 0. The molecule has 0 N–H and O–H groups in total. The van der Waals surface area contributed by atoms with Crippen LogP contribution in [0.1, 0.15) is 31.2 Å². The SMILES string of the molecule is COc1ccc(-c2noc(COC(=O)COc3ccc(C(C)C)cc3)n2)cc1OC. The molecule has 1 aromatic heterocycles. The highest BCUT2D eigenvalue weighted by atomic mass is 16.6. The highest BCUT2D eigenvalue weighted by molar-refractivity contribution is 5.71. The van der Waals surface area contributed by atoms with Crippen molar-refractivity contribution in [2.75, 3.05) is 20.8 Å². The fraction of sp³-hybridized carbons (Fsp3) is 0.318. The van der Waals surface area contributed by atoms with E-state index in [-0.39, 0.29) is 19.1 Å². The van der Waals surface area contributed by atoms with Crippen molar-refractivity contribution in [3.63, 3.8) is 0 Å². The average molecular weight is 412 g/mol. The molecule has 0 atom stereocenters. The maximum absolute atomic E-state index is 11.9. The van der Waals surface area contributed by atoms with E-state index in [1.165, 1.54) is 5.56 Å². The highest BCUT2D eigenvalue weighted by Crippen LogP contribution is 2.31. The van der Waals surface area contributed by atoms with Gasteiger partial charge >= 0.3 is 5.97 Å². The summed E-state index contributed by atoms with van der Waals surface area (Å²) in [4.78, 5) is 16.2. The standard InChI is InChI=1S/C22H24N2O6/c1-14(2)15-5-8-17(9-6-15)28-13-21(25)29-12-20-23-22(24-30-20)16-7-10-18(26-3)19(11-16)27-4/h5-11,14H,12-13H2,1-4H3. The number of aromatic nitrogens is 2. The number of esters is 1. The van der Waals surface area contributed by atoms with E-state index in [2.05, 4.69) is 24.0 Å². The van der Waals surface area contributed by atoms with E-state index in [1.54, 1.807) is 32.4 Å². The van der Waals surface area contributed by atoms with Crippen LogP contribution in [0.2, 0.25) is 0 Å². The van der Waals surface area contributed by atoms with Crippen LogP contribution in [0.5, 0.6) is 17.2 Å². The van der Waals surface area contributed by atoms with Crippen molar-refractivity contribution in [2.24, 2.45) is 0 Å². The second-order valence-corrected chi connectivity index (χ2v) is 6.75. The van der Waals surface area contributed by atoms with E-state index < -0.39 is 5.97 Å². The van der Waals surface area contributed by atoms with Crippen molar-refractivity contribution in [3.05, 3.63) is 53.9 Å². The van der Waals surface area contributed by atoms with Crippen LogP contribution in [0.25, 0.3) is 11.4 Å². The zero-order valence-corrected chi connectivity index (χ0v) is 17.4. The summed E-state index contributed by atoms with van der Waals surface area (Å²) in [5.74, 6) is 2.17. The molecule has 0 aliphatic rings. The summed E-state index contributed by atoms with van der Waals surface area (Å²) in [5, 5.41) is 3.91. The Bertz CT molecular complexity index is 982. The average Bonchev–Trinajstić information content (AvgIpc) is 3.25. The van der Waals surface area contributed by atoms with Crippen molar-refractivity contribution in [1.29, 1.82) is 0 Å². The van der Waals surface area contributed by atoms with Gasteiger partial charge in [0.15, 0.2) is 24.7 Å². The minimum atomic E-state index is -0.534. The first-order valence-electron chi connectivity index (χ1n) is 9.43. The van der Waals surface area contributed by atoms with E-state index in [9.17, 15) is 4.79 Å². The van der Waals surface area contributed by atoms with Gasteiger partial charge < -0.3 is 23.5 Å². The van der Waals surface area contributed by atoms with Crippen molar-refractivity contribution in [1.82, 2.24) is 10.1 Å². The van der Waals surface area contributed by atoms with Gasteiger partial charge in [-0.2, -0.15) is 4.98 Å². The van der Waals surface area contributed by atoms with Crippen molar-refractivity contribution in [2.45, 2.75) is 26.4 Å². The molecule has 0 bridgehead atoms. The molecular formula is C22H24N2O6. The molecule has 0 fully saturated rings. The lowest BCUT2D eigenvalue weighted by Gasteiger charge is -2.08. The molecule has 0 aliphatic heterocycles. The summed E-state index contributed by atoms with van der Waals surface area (Å²) in [5.41, 5.74) is 1.88. The van der Waals surface area contributed by atoms with Crippen molar-refractivity contribution < 1.29 is 28.3 Å². The zero-order valence-electron chi connectivity index (χ0n) is 17.4. The summed E-state index contributed by atoms with van der Waals surface area (Å²) in [7, 11) is 3.10. The van der Waals surface area contributed by atoms with Crippen LogP contribution in [0.3, 0.4) is 0 Å². The molecule has 30 heavy (non-hydrogen) atoms. The van der Waals surface area contributed by atoms with Crippen molar-refractivity contribution >= 4 is 5.97 Å². The molecule has 3 rings (SSSR count). The number of rotatable bonds is 9. The number of carbonyl (C=O) groups excluding carboxylic acids is 1. The monoisotopic (exact) mass is 412 g/mol. The molecule has 8 heteroatoms. The van der Waals surface area contributed by atoms with E-state index in [0.717, 1.165) is 0 Å². The Morgan fingerprint density at radius 1 is 1.03 bits per heavy atom. The summed E-state index contributed by atoms with van der Waals surface area (Å²) in [6.45, 7) is 3.87. The van der Waals surface area contributed by atoms with E-state index in [1.807, 2.05) is 24.3 Å². The number of methoxy groups -OCH3 is 2.